The molecule has 1 saturated carbocycles. The number of halogens is 1. The van der Waals surface area contributed by atoms with Crippen molar-refractivity contribution in [2.75, 3.05) is 6.61 Å². The topological polar surface area (TPSA) is 58.6 Å². The van der Waals surface area contributed by atoms with Crippen molar-refractivity contribution in [2.24, 2.45) is 0 Å². The lowest BCUT2D eigenvalue weighted by atomic mass is 9.95. The summed E-state index contributed by atoms with van der Waals surface area (Å²) >= 11 is 6.36. The monoisotopic (exact) mass is 470 g/mol. The summed E-state index contributed by atoms with van der Waals surface area (Å²) in [5.41, 5.74) is 2.01. The minimum atomic E-state index is -0.636. The second-order valence-electron chi connectivity index (χ2n) is 9.14. The van der Waals surface area contributed by atoms with Gasteiger partial charge in [-0.3, -0.25) is 9.59 Å². The van der Waals surface area contributed by atoms with Crippen LogP contribution in [0.5, 0.6) is 5.75 Å². The maximum Gasteiger partial charge on any atom is 0.261 e. The third kappa shape index (κ3) is 7.23. The Morgan fingerprint density at radius 1 is 1.03 bits per heavy atom. The van der Waals surface area contributed by atoms with Crippen LogP contribution in [0.25, 0.3) is 0 Å². The molecule has 1 N–H and O–H groups in total. The van der Waals surface area contributed by atoms with Gasteiger partial charge in [-0.05, 0) is 55.0 Å². The third-order valence-electron chi connectivity index (χ3n) is 6.33. The lowest BCUT2D eigenvalue weighted by Crippen LogP contribution is -2.51. The Hall–Kier alpha value is -2.53. The molecule has 2 aromatic carbocycles. The Kier molecular flexibility index (Phi) is 9.19. The van der Waals surface area contributed by atoms with E-state index < -0.39 is 6.04 Å². The molecule has 2 aromatic rings. The van der Waals surface area contributed by atoms with E-state index in [0.717, 1.165) is 31.2 Å². The molecule has 178 valence electrons. The summed E-state index contributed by atoms with van der Waals surface area (Å²) in [5, 5.41) is 3.71. The number of ether oxygens (including phenoxy) is 1. The van der Waals surface area contributed by atoms with Crippen molar-refractivity contribution >= 4 is 23.4 Å². The molecule has 5 nitrogen and oxygen atoms in total. The number of carbonyl (C=O) groups is 2. The van der Waals surface area contributed by atoms with E-state index in [9.17, 15) is 9.59 Å². The molecule has 0 saturated heterocycles. The van der Waals surface area contributed by atoms with Crippen LogP contribution in [-0.4, -0.2) is 35.4 Å². The van der Waals surface area contributed by atoms with Gasteiger partial charge in [0.05, 0.1) is 0 Å². The smallest absolute Gasteiger partial charge is 0.261 e. The second-order valence-corrected chi connectivity index (χ2v) is 9.55. The van der Waals surface area contributed by atoms with Gasteiger partial charge < -0.3 is 15.0 Å². The standard InChI is InChI=1S/C27H35ClN2O3/c1-19(2)21-13-15-24(16-14-21)33-18-26(31)30(17-22-9-7-8-12-25(22)28)20(3)27(32)29-23-10-5-4-6-11-23/h7-9,12-16,19-20,23H,4-6,10-11,17-18H2,1-3H3,(H,29,32)/t20-/m1/s1. The summed E-state index contributed by atoms with van der Waals surface area (Å²) in [5.74, 6) is 0.665. The van der Waals surface area contributed by atoms with E-state index >= 15 is 0 Å². The van der Waals surface area contributed by atoms with E-state index in [0.29, 0.717) is 16.7 Å². The van der Waals surface area contributed by atoms with Crippen LogP contribution in [0.15, 0.2) is 48.5 Å². The largest absolute Gasteiger partial charge is 0.484 e. The van der Waals surface area contributed by atoms with Gasteiger partial charge in [0, 0.05) is 17.6 Å². The molecule has 0 aromatic heterocycles. The van der Waals surface area contributed by atoms with Crippen molar-refractivity contribution < 1.29 is 14.3 Å². The Bertz CT molecular complexity index is 923. The lowest BCUT2D eigenvalue weighted by molar-refractivity contribution is -0.142. The SMILES string of the molecule is CC(C)c1ccc(OCC(=O)N(Cc2ccccc2Cl)[C@H](C)C(=O)NC2CCCCC2)cc1. The van der Waals surface area contributed by atoms with Gasteiger partial charge in [0.2, 0.25) is 5.91 Å². The average Bonchev–Trinajstić information content (AvgIpc) is 2.82. The first kappa shape index (κ1) is 25.1. The van der Waals surface area contributed by atoms with E-state index in [1.165, 1.54) is 12.0 Å². The molecular weight excluding hydrogens is 436 g/mol. The predicted octanol–water partition coefficient (Wildman–Crippen LogP) is 5.71. The highest BCUT2D eigenvalue weighted by Gasteiger charge is 2.28. The summed E-state index contributed by atoms with van der Waals surface area (Å²) < 4.78 is 5.78. The first-order valence-corrected chi connectivity index (χ1v) is 12.3. The molecule has 0 spiro atoms. The number of nitrogens with one attached hydrogen (secondary N) is 1. The zero-order valence-electron chi connectivity index (χ0n) is 19.9. The maximum absolute atomic E-state index is 13.2. The van der Waals surface area contributed by atoms with Crippen LogP contribution in [0.2, 0.25) is 5.02 Å². The van der Waals surface area contributed by atoms with Crippen molar-refractivity contribution in [1.29, 1.82) is 0 Å². The van der Waals surface area contributed by atoms with Crippen molar-refractivity contribution in [2.45, 2.75) is 77.4 Å². The Morgan fingerprint density at radius 3 is 2.33 bits per heavy atom. The fourth-order valence-electron chi connectivity index (χ4n) is 4.14. The molecule has 1 fully saturated rings. The van der Waals surface area contributed by atoms with Gasteiger partial charge in [0.1, 0.15) is 11.8 Å². The highest BCUT2D eigenvalue weighted by molar-refractivity contribution is 6.31. The molecule has 2 amide bonds. The van der Waals surface area contributed by atoms with Gasteiger partial charge in [-0.1, -0.05) is 75.0 Å². The fraction of sp³-hybridized carbons (Fsp3) is 0.481. The molecule has 33 heavy (non-hydrogen) atoms. The summed E-state index contributed by atoms with van der Waals surface area (Å²) in [6.07, 6.45) is 5.46. The summed E-state index contributed by atoms with van der Waals surface area (Å²) in [4.78, 5) is 27.8. The molecule has 3 rings (SSSR count). The van der Waals surface area contributed by atoms with Gasteiger partial charge in [0.25, 0.3) is 5.91 Å². The third-order valence-corrected chi connectivity index (χ3v) is 6.70. The molecule has 6 heteroatoms. The van der Waals surface area contributed by atoms with Crippen LogP contribution in [0.1, 0.15) is 69.9 Å². The molecule has 0 aliphatic heterocycles. The van der Waals surface area contributed by atoms with Gasteiger partial charge in [0.15, 0.2) is 6.61 Å². The van der Waals surface area contributed by atoms with Gasteiger partial charge in [-0.25, -0.2) is 0 Å². The zero-order chi connectivity index (χ0) is 23.8. The zero-order valence-corrected chi connectivity index (χ0v) is 20.6. The van der Waals surface area contributed by atoms with Crippen molar-refractivity contribution in [1.82, 2.24) is 10.2 Å². The van der Waals surface area contributed by atoms with Crippen molar-refractivity contribution in [3.8, 4) is 5.75 Å². The van der Waals surface area contributed by atoms with Crippen LogP contribution in [0.3, 0.4) is 0 Å². The second kappa shape index (κ2) is 12.1. The van der Waals surface area contributed by atoms with Crippen LogP contribution in [-0.2, 0) is 16.1 Å². The molecular formula is C27H35ClN2O3. The Balaban J connectivity index is 1.70. The summed E-state index contributed by atoms with van der Waals surface area (Å²) in [6, 6.07) is 14.7. The van der Waals surface area contributed by atoms with Crippen molar-refractivity contribution in [3.05, 3.63) is 64.7 Å². The Morgan fingerprint density at radius 2 is 1.70 bits per heavy atom. The van der Waals surface area contributed by atoms with E-state index in [1.807, 2.05) is 42.5 Å². The molecule has 0 heterocycles. The normalized spacial score (nSPS) is 15.2. The summed E-state index contributed by atoms with van der Waals surface area (Å²) in [6.45, 7) is 6.13. The maximum atomic E-state index is 13.2. The van der Waals surface area contributed by atoms with Crippen LogP contribution in [0.4, 0.5) is 0 Å². The van der Waals surface area contributed by atoms with Gasteiger partial charge in [-0.15, -0.1) is 0 Å². The number of carbonyl (C=O) groups excluding carboxylic acids is 2. The predicted molar refractivity (Wildman–Crippen MR) is 133 cm³/mol. The Labute approximate surface area is 202 Å². The van der Waals surface area contributed by atoms with E-state index in [-0.39, 0.29) is 31.0 Å². The molecule has 0 radical (unpaired) electrons. The molecule has 1 aliphatic carbocycles. The van der Waals surface area contributed by atoms with E-state index in [2.05, 4.69) is 19.2 Å². The molecule has 0 bridgehead atoms. The fourth-order valence-corrected chi connectivity index (χ4v) is 4.33. The number of rotatable bonds is 9. The summed E-state index contributed by atoms with van der Waals surface area (Å²) in [7, 11) is 0. The first-order chi connectivity index (χ1) is 15.8. The highest BCUT2D eigenvalue weighted by atomic mass is 35.5. The number of benzene rings is 2. The van der Waals surface area contributed by atoms with Gasteiger partial charge in [-0.2, -0.15) is 0 Å². The number of nitrogens with zero attached hydrogens (tertiary/aromatic N) is 1. The average molecular weight is 471 g/mol. The number of amides is 2. The van der Waals surface area contributed by atoms with E-state index in [1.54, 1.807) is 17.9 Å². The first-order valence-electron chi connectivity index (χ1n) is 11.9. The molecule has 1 atom stereocenters. The van der Waals surface area contributed by atoms with E-state index in [4.69, 9.17) is 16.3 Å². The number of hydrogen-bond acceptors (Lipinski definition) is 3. The highest BCUT2D eigenvalue weighted by Crippen LogP contribution is 2.22. The van der Waals surface area contributed by atoms with Crippen LogP contribution >= 0.6 is 11.6 Å². The van der Waals surface area contributed by atoms with Crippen LogP contribution < -0.4 is 10.1 Å². The minimum absolute atomic E-state index is 0.136. The van der Waals surface area contributed by atoms with Crippen molar-refractivity contribution in [3.63, 3.8) is 0 Å². The van der Waals surface area contributed by atoms with Gasteiger partial charge >= 0.3 is 0 Å². The lowest BCUT2D eigenvalue weighted by Gasteiger charge is -2.31. The molecule has 0 unspecified atom stereocenters. The van der Waals surface area contributed by atoms with Crippen LogP contribution in [0, 0.1) is 0 Å². The molecule has 1 aliphatic rings. The number of hydrogen-bond donors (Lipinski definition) is 1. The minimum Gasteiger partial charge on any atom is -0.484 e. The quantitative estimate of drug-likeness (QED) is 0.510.